The summed E-state index contributed by atoms with van der Waals surface area (Å²) in [6.45, 7) is 4.37. The number of rotatable bonds is 4. The van der Waals surface area contributed by atoms with Crippen LogP contribution in [-0.2, 0) is 5.12 Å². The minimum atomic E-state index is -0.804. The van der Waals surface area contributed by atoms with Crippen LogP contribution in [0.2, 0.25) is 5.02 Å². The molecule has 2 rings (SSSR count). The van der Waals surface area contributed by atoms with Crippen LogP contribution < -0.4 is 10.6 Å². The van der Waals surface area contributed by atoms with Gasteiger partial charge in [0.15, 0.2) is 0 Å². The highest BCUT2D eigenvalue weighted by atomic mass is 79.9. The topological polar surface area (TPSA) is 24.1 Å². The van der Waals surface area contributed by atoms with E-state index in [4.69, 9.17) is 23.2 Å². The molecule has 0 aliphatic carbocycles. The number of allylic oxidation sites excluding steroid dienone is 1. The second kappa shape index (κ2) is 5.94. The van der Waals surface area contributed by atoms with E-state index in [2.05, 4.69) is 40.4 Å². The summed E-state index contributed by atoms with van der Waals surface area (Å²) in [5.74, 6) is 0.499. The molecule has 1 aromatic carbocycles. The van der Waals surface area contributed by atoms with Gasteiger partial charge in [-0.15, -0.1) is 0 Å². The van der Waals surface area contributed by atoms with E-state index in [1.165, 1.54) is 0 Å². The third kappa shape index (κ3) is 3.04. The Labute approximate surface area is 132 Å². The predicted molar refractivity (Wildman–Crippen MR) is 85.1 cm³/mol. The van der Waals surface area contributed by atoms with Crippen molar-refractivity contribution >= 4 is 39.1 Å². The van der Waals surface area contributed by atoms with Crippen molar-refractivity contribution in [2.45, 2.75) is 31.8 Å². The van der Waals surface area contributed by atoms with E-state index in [9.17, 15) is 0 Å². The molecule has 0 fully saturated rings. The minimum absolute atomic E-state index is 0.499. The molecule has 1 unspecified atom stereocenters. The maximum Gasteiger partial charge on any atom is 0.213 e. The molecule has 0 bridgehead atoms. The molecule has 0 saturated carbocycles. The van der Waals surface area contributed by atoms with Crippen LogP contribution >= 0.6 is 39.1 Å². The van der Waals surface area contributed by atoms with Crippen LogP contribution in [0.25, 0.3) is 0 Å². The molecule has 1 aromatic rings. The van der Waals surface area contributed by atoms with Crippen LogP contribution in [-0.4, -0.2) is 0 Å². The molecule has 0 radical (unpaired) electrons. The smallest absolute Gasteiger partial charge is 0.213 e. The molecule has 1 aliphatic rings. The molecule has 5 heteroatoms. The van der Waals surface area contributed by atoms with Crippen molar-refractivity contribution in [1.82, 2.24) is 10.6 Å². The van der Waals surface area contributed by atoms with Crippen LogP contribution in [0.15, 0.2) is 34.6 Å². The summed E-state index contributed by atoms with van der Waals surface area (Å²) in [7, 11) is 0. The Morgan fingerprint density at radius 2 is 2.00 bits per heavy atom. The van der Waals surface area contributed by atoms with Crippen molar-refractivity contribution in [1.29, 1.82) is 0 Å². The minimum Gasteiger partial charge on any atom is -0.351 e. The van der Waals surface area contributed by atoms with Gasteiger partial charge in [0, 0.05) is 27.0 Å². The lowest BCUT2D eigenvalue weighted by atomic mass is 10.00. The van der Waals surface area contributed by atoms with Gasteiger partial charge < -0.3 is 10.6 Å². The van der Waals surface area contributed by atoms with Crippen molar-refractivity contribution in [3.05, 3.63) is 45.2 Å². The molecular formula is C14H17BrCl2N2. The Morgan fingerprint density at radius 3 is 2.58 bits per heavy atom. The van der Waals surface area contributed by atoms with Gasteiger partial charge in [0.1, 0.15) is 0 Å². The van der Waals surface area contributed by atoms with Gasteiger partial charge in [0.2, 0.25) is 5.12 Å². The number of benzene rings is 1. The first kappa shape index (κ1) is 15.0. The summed E-state index contributed by atoms with van der Waals surface area (Å²) >= 11 is 16.1. The summed E-state index contributed by atoms with van der Waals surface area (Å²) in [5, 5.41) is 6.49. The van der Waals surface area contributed by atoms with Gasteiger partial charge in [-0.3, -0.25) is 0 Å². The van der Waals surface area contributed by atoms with E-state index >= 15 is 0 Å². The monoisotopic (exact) mass is 362 g/mol. The highest BCUT2D eigenvalue weighted by Gasteiger charge is 2.36. The summed E-state index contributed by atoms with van der Waals surface area (Å²) in [6, 6.07) is 5.60. The van der Waals surface area contributed by atoms with Gasteiger partial charge in [0.25, 0.3) is 0 Å². The van der Waals surface area contributed by atoms with E-state index in [0.29, 0.717) is 10.9 Å². The summed E-state index contributed by atoms with van der Waals surface area (Å²) in [5.41, 5.74) is 2.08. The Balaban J connectivity index is 2.23. The molecule has 1 aliphatic heterocycles. The molecule has 0 aromatic heterocycles. The van der Waals surface area contributed by atoms with Crippen molar-refractivity contribution in [2.75, 3.05) is 0 Å². The zero-order valence-corrected chi connectivity index (χ0v) is 14.0. The number of nitrogens with one attached hydrogen (secondary N) is 2. The van der Waals surface area contributed by atoms with E-state index in [1.54, 1.807) is 0 Å². The molecule has 2 N–H and O–H groups in total. The largest absolute Gasteiger partial charge is 0.351 e. The molecule has 0 amide bonds. The highest BCUT2D eigenvalue weighted by molar-refractivity contribution is 9.10. The Kier molecular flexibility index (Phi) is 4.70. The molecule has 104 valence electrons. The zero-order chi connectivity index (χ0) is 14.0. The lowest BCUT2D eigenvalue weighted by Crippen LogP contribution is -2.42. The average Bonchev–Trinajstić information content (AvgIpc) is 2.74. The maximum atomic E-state index is 6.66. The fourth-order valence-corrected chi connectivity index (χ4v) is 3.73. The van der Waals surface area contributed by atoms with Crippen LogP contribution in [0, 0.1) is 5.92 Å². The molecule has 1 atom stereocenters. The van der Waals surface area contributed by atoms with Gasteiger partial charge >= 0.3 is 0 Å². The van der Waals surface area contributed by atoms with E-state index in [-0.39, 0.29) is 0 Å². The standard InChI is InChI=1S/C14H17BrCl2N2/c1-3-9(4-2)13-8-18-14(17,19-13)11-6-5-10(16)7-12(11)15/h5-9,18-19H,3-4H2,1-2H3. The number of hydrogen-bond acceptors (Lipinski definition) is 2. The quantitative estimate of drug-likeness (QED) is 0.585. The second-order valence-corrected chi connectivity index (χ2v) is 6.52. The Hall–Kier alpha value is -0.380. The predicted octanol–water partition coefficient (Wildman–Crippen LogP) is 4.92. The van der Waals surface area contributed by atoms with Crippen LogP contribution in [0.1, 0.15) is 32.3 Å². The first-order chi connectivity index (χ1) is 9.00. The number of hydrogen-bond donors (Lipinski definition) is 2. The molecule has 1 heterocycles. The fourth-order valence-electron chi connectivity index (χ4n) is 2.31. The first-order valence-corrected chi connectivity index (χ1v) is 7.95. The van der Waals surface area contributed by atoms with Gasteiger partial charge in [0.05, 0.1) is 0 Å². The third-order valence-corrected chi connectivity index (χ3v) is 4.77. The first-order valence-electron chi connectivity index (χ1n) is 6.40. The van der Waals surface area contributed by atoms with Crippen molar-refractivity contribution < 1.29 is 0 Å². The maximum absolute atomic E-state index is 6.66. The van der Waals surface area contributed by atoms with Crippen molar-refractivity contribution in [3.63, 3.8) is 0 Å². The van der Waals surface area contributed by atoms with Crippen molar-refractivity contribution in [3.8, 4) is 0 Å². The Morgan fingerprint density at radius 1 is 1.32 bits per heavy atom. The lowest BCUT2D eigenvalue weighted by Gasteiger charge is -2.27. The molecule has 19 heavy (non-hydrogen) atoms. The molecule has 0 spiro atoms. The fraction of sp³-hybridized carbons (Fsp3) is 0.429. The van der Waals surface area contributed by atoms with Gasteiger partial charge in [-0.05, 0) is 30.9 Å². The molecular weight excluding hydrogens is 347 g/mol. The second-order valence-electron chi connectivity index (χ2n) is 4.67. The van der Waals surface area contributed by atoms with Gasteiger partial charge in [-0.1, -0.05) is 59.0 Å². The number of alkyl halides is 1. The van der Waals surface area contributed by atoms with E-state index < -0.39 is 5.12 Å². The van der Waals surface area contributed by atoms with E-state index in [1.807, 2.05) is 24.4 Å². The average molecular weight is 364 g/mol. The van der Waals surface area contributed by atoms with Gasteiger partial charge in [-0.2, -0.15) is 0 Å². The van der Waals surface area contributed by atoms with Gasteiger partial charge in [-0.25, -0.2) is 0 Å². The zero-order valence-electron chi connectivity index (χ0n) is 10.9. The van der Waals surface area contributed by atoms with Crippen molar-refractivity contribution in [2.24, 2.45) is 5.92 Å². The molecule has 0 saturated heterocycles. The number of halogens is 3. The summed E-state index contributed by atoms with van der Waals surface area (Å²) in [4.78, 5) is 0. The Bertz CT molecular complexity index is 500. The highest BCUT2D eigenvalue weighted by Crippen LogP contribution is 2.36. The summed E-state index contributed by atoms with van der Waals surface area (Å²) < 4.78 is 0.884. The van der Waals surface area contributed by atoms with Crippen LogP contribution in [0.3, 0.4) is 0 Å². The SMILES string of the molecule is CCC(CC)C1=CNC(Cl)(c2ccc(Cl)cc2Br)N1. The van der Waals surface area contributed by atoms with E-state index in [0.717, 1.165) is 28.6 Å². The summed E-state index contributed by atoms with van der Waals surface area (Å²) in [6.07, 6.45) is 4.16. The van der Waals surface area contributed by atoms with Crippen LogP contribution in [0.4, 0.5) is 0 Å². The molecule has 2 nitrogen and oxygen atoms in total. The normalized spacial score (nSPS) is 22.1. The lowest BCUT2D eigenvalue weighted by molar-refractivity contribution is 0.464. The third-order valence-electron chi connectivity index (χ3n) is 3.47. The van der Waals surface area contributed by atoms with Crippen LogP contribution in [0.5, 0.6) is 0 Å².